The molecule has 0 amide bonds. The van der Waals surface area contributed by atoms with E-state index < -0.39 is 0 Å². The Morgan fingerprint density at radius 2 is 1.92 bits per heavy atom. The molecule has 5 heteroatoms. The van der Waals surface area contributed by atoms with E-state index in [0.29, 0.717) is 12.2 Å². The second-order valence-corrected chi connectivity index (χ2v) is 7.24. The van der Waals surface area contributed by atoms with Crippen LogP contribution >= 0.6 is 11.8 Å². The molecule has 0 atom stereocenters. The van der Waals surface area contributed by atoms with Gasteiger partial charge >= 0.3 is 5.97 Å². The van der Waals surface area contributed by atoms with E-state index in [0.717, 1.165) is 47.2 Å². The number of hydrogen-bond acceptors (Lipinski definition) is 4. The van der Waals surface area contributed by atoms with E-state index in [4.69, 9.17) is 4.74 Å². The number of pyridine rings is 1. The number of nitrogens with zero attached hydrogens (tertiary/aromatic N) is 1. The standard InChI is InChI=1S/C20H25NO3S/c1-15(2)20(23)24-12-8-4-5-9-13-25-18-14-19(22)21(3)17-11-7-6-10-16(17)18/h6-7,10-11,14H,1,4-5,8-9,12-13H2,2-3H3. The van der Waals surface area contributed by atoms with E-state index in [-0.39, 0.29) is 11.5 Å². The molecule has 2 rings (SSSR count). The van der Waals surface area contributed by atoms with Crippen LogP contribution in [0.1, 0.15) is 32.6 Å². The van der Waals surface area contributed by atoms with Crippen LogP contribution in [0.15, 0.2) is 52.2 Å². The SMILES string of the molecule is C=C(C)C(=O)OCCCCCCSc1cc(=O)n(C)c2ccccc12. The molecular weight excluding hydrogens is 334 g/mol. The second-order valence-electron chi connectivity index (χ2n) is 6.10. The van der Waals surface area contributed by atoms with Crippen LogP contribution in [-0.4, -0.2) is 22.9 Å². The van der Waals surface area contributed by atoms with Gasteiger partial charge in [-0.15, -0.1) is 11.8 Å². The van der Waals surface area contributed by atoms with Crippen molar-refractivity contribution in [2.24, 2.45) is 7.05 Å². The second kappa shape index (κ2) is 9.47. The Labute approximate surface area is 152 Å². The van der Waals surface area contributed by atoms with Crippen molar-refractivity contribution in [3.05, 3.63) is 52.8 Å². The van der Waals surface area contributed by atoms with Gasteiger partial charge in [-0.25, -0.2) is 4.79 Å². The van der Waals surface area contributed by atoms with Gasteiger partial charge in [0.15, 0.2) is 0 Å². The summed E-state index contributed by atoms with van der Waals surface area (Å²) in [6.07, 6.45) is 4.06. The summed E-state index contributed by atoms with van der Waals surface area (Å²) in [4.78, 5) is 24.4. The van der Waals surface area contributed by atoms with E-state index in [9.17, 15) is 9.59 Å². The van der Waals surface area contributed by atoms with Crippen LogP contribution in [0.3, 0.4) is 0 Å². The molecule has 25 heavy (non-hydrogen) atoms. The largest absolute Gasteiger partial charge is 0.462 e. The molecule has 134 valence electrons. The molecule has 0 spiro atoms. The summed E-state index contributed by atoms with van der Waals surface area (Å²) in [5.41, 5.74) is 1.44. The number of aromatic nitrogens is 1. The third-order valence-electron chi connectivity index (χ3n) is 3.99. The lowest BCUT2D eigenvalue weighted by molar-refractivity contribution is -0.139. The number of carbonyl (C=O) groups is 1. The van der Waals surface area contributed by atoms with Crippen molar-refractivity contribution in [2.45, 2.75) is 37.5 Å². The van der Waals surface area contributed by atoms with Crippen molar-refractivity contribution >= 4 is 28.6 Å². The Kier molecular flexibility index (Phi) is 7.31. The van der Waals surface area contributed by atoms with Crippen LogP contribution in [0.25, 0.3) is 10.9 Å². The molecule has 0 bridgehead atoms. The van der Waals surface area contributed by atoms with E-state index >= 15 is 0 Å². The highest BCUT2D eigenvalue weighted by molar-refractivity contribution is 7.99. The number of esters is 1. The number of thioether (sulfide) groups is 1. The zero-order valence-electron chi connectivity index (χ0n) is 14.9. The van der Waals surface area contributed by atoms with Gasteiger partial charge in [0.25, 0.3) is 5.56 Å². The lowest BCUT2D eigenvalue weighted by atomic mass is 10.2. The molecule has 0 N–H and O–H groups in total. The fraction of sp³-hybridized carbons (Fsp3) is 0.400. The maximum absolute atomic E-state index is 12.1. The van der Waals surface area contributed by atoms with Gasteiger partial charge in [0.1, 0.15) is 0 Å². The summed E-state index contributed by atoms with van der Waals surface area (Å²) in [5.74, 6) is 0.663. The van der Waals surface area contributed by atoms with Crippen LogP contribution in [-0.2, 0) is 16.6 Å². The Balaban J connectivity index is 1.75. The van der Waals surface area contributed by atoms with E-state index in [1.54, 1.807) is 36.4 Å². The minimum atomic E-state index is -0.312. The molecule has 0 aliphatic heterocycles. The number of hydrogen-bond donors (Lipinski definition) is 0. The Morgan fingerprint density at radius 1 is 1.20 bits per heavy atom. The summed E-state index contributed by atoms with van der Waals surface area (Å²) < 4.78 is 6.76. The molecule has 0 unspecified atom stereocenters. The zero-order valence-corrected chi connectivity index (χ0v) is 15.7. The molecule has 1 heterocycles. The minimum absolute atomic E-state index is 0.0283. The van der Waals surface area contributed by atoms with Crippen molar-refractivity contribution in [1.29, 1.82) is 0 Å². The summed E-state index contributed by atoms with van der Waals surface area (Å²) in [7, 11) is 1.81. The molecule has 2 aromatic rings. The summed E-state index contributed by atoms with van der Waals surface area (Å²) in [6.45, 7) is 5.66. The average molecular weight is 359 g/mol. The number of carbonyl (C=O) groups excluding carboxylic acids is 1. The third-order valence-corrected chi connectivity index (χ3v) is 5.14. The van der Waals surface area contributed by atoms with Crippen molar-refractivity contribution in [2.75, 3.05) is 12.4 Å². The van der Waals surface area contributed by atoms with Gasteiger partial charge in [-0.2, -0.15) is 0 Å². The van der Waals surface area contributed by atoms with E-state index in [2.05, 4.69) is 12.6 Å². The highest BCUT2D eigenvalue weighted by atomic mass is 32.2. The van der Waals surface area contributed by atoms with Gasteiger partial charge in [0.05, 0.1) is 12.1 Å². The van der Waals surface area contributed by atoms with Crippen molar-refractivity contribution in [3.8, 4) is 0 Å². The fourth-order valence-corrected chi connectivity index (χ4v) is 3.61. The van der Waals surface area contributed by atoms with Gasteiger partial charge in [0, 0.05) is 29.0 Å². The lowest BCUT2D eigenvalue weighted by Gasteiger charge is -2.09. The van der Waals surface area contributed by atoms with Crippen molar-refractivity contribution in [3.63, 3.8) is 0 Å². The van der Waals surface area contributed by atoms with Gasteiger partial charge in [0.2, 0.25) is 0 Å². The predicted octanol–water partition coefficient (Wildman–Crippen LogP) is 4.31. The lowest BCUT2D eigenvalue weighted by Crippen LogP contribution is -2.16. The maximum atomic E-state index is 12.1. The number of benzene rings is 1. The number of para-hydroxylation sites is 1. The van der Waals surface area contributed by atoms with Crippen LogP contribution in [0.4, 0.5) is 0 Å². The Bertz CT molecular complexity index is 810. The van der Waals surface area contributed by atoms with Crippen LogP contribution < -0.4 is 5.56 Å². The molecule has 0 saturated carbocycles. The smallest absolute Gasteiger partial charge is 0.333 e. The molecule has 4 nitrogen and oxygen atoms in total. The highest BCUT2D eigenvalue weighted by Crippen LogP contribution is 2.27. The van der Waals surface area contributed by atoms with Gasteiger partial charge in [-0.05, 0) is 31.6 Å². The molecule has 1 aromatic heterocycles. The number of rotatable bonds is 9. The number of unbranched alkanes of at least 4 members (excludes halogenated alkanes) is 3. The molecule has 0 radical (unpaired) electrons. The monoisotopic (exact) mass is 359 g/mol. The van der Waals surface area contributed by atoms with Crippen LogP contribution in [0.5, 0.6) is 0 Å². The number of fused-ring (bicyclic) bond motifs is 1. The number of ether oxygens (including phenoxy) is 1. The topological polar surface area (TPSA) is 48.3 Å². The fourth-order valence-electron chi connectivity index (χ4n) is 2.53. The normalized spacial score (nSPS) is 10.8. The first-order chi connectivity index (χ1) is 12.0. The first kappa shape index (κ1) is 19.3. The molecule has 1 aromatic carbocycles. The highest BCUT2D eigenvalue weighted by Gasteiger charge is 2.06. The Morgan fingerprint density at radius 3 is 2.68 bits per heavy atom. The van der Waals surface area contributed by atoms with Gasteiger partial charge in [-0.3, -0.25) is 4.79 Å². The van der Waals surface area contributed by atoms with Gasteiger partial charge < -0.3 is 9.30 Å². The first-order valence-corrected chi connectivity index (χ1v) is 9.53. The zero-order chi connectivity index (χ0) is 18.2. The summed E-state index contributed by atoms with van der Waals surface area (Å²) in [5, 5.41) is 1.13. The van der Waals surface area contributed by atoms with Crippen LogP contribution in [0, 0.1) is 0 Å². The molecule has 0 aliphatic rings. The third kappa shape index (κ3) is 5.49. The van der Waals surface area contributed by atoms with Crippen LogP contribution in [0.2, 0.25) is 0 Å². The van der Waals surface area contributed by atoms with E-state index in [1.165, 1.54) is 0 Å². The number of aryl methyl sites for hydroxylation is 1. The maximum Gasteiger partial charge on any atom is 0.333 e. The predicted molar refractivity (Wildman–Crippen MR) is 104 cm³/mol. The molecule has 0 aliphatic carbocycles. The molecule has 0 fully saturated rings. The van der Waals surface area contributed by atoms with E-state index in [1.807, 2.05) is 18.2 Å². The minimum Gasteiger partial charge on any atom is -0.462 e. The van der Waals surface area contributed by atoms with Crippen molar-refractivity contribution < 1.29 is 9.53 Å². The quantitative estimate of drug-likeness (QED) is 0.290. The van der Waals surface area contributed by atoms with Crippen molar-refractivity contribution in [1.82, 2.24) is 4.57 Å². The Hall–Kier alpha value is -2.01. The summed E-state index contributed by atoms with van der Waals surface area (Å²) >= 11 is 1.74. The average Bonchev–Trinajstić information content (AvgIpc) is 2.61. The summed E-state index contributed by atoms with van der Waals surface area (Å²) in [6, 6.07) is 9.73. The first-order valence-electron chi connectivity index (χ1n) is 8.55. The molecular formula is C20H25NO3S. The molecule has 0 saturated heterocycles. The van der Waals surface area contributed by atoms with Gasteiger partial charge in [-0.1, -0.05) is 37.6 Å².